The number of aromatic nitrogens is 2. The van der Waals surface area contributed by atoms with Gasteiger partial charge in [-0.05, 0) is 16.7 Å². The molecule has 1 unspecified atom stereocenters. The van der Waals surface area contributed by atoms with Crippen LogP contribution >= 0.6 is 0 Å². The van der Waals surface area contributed by atoms with E-state index in [9.17, 15) is 4.79 Å². The van der Waals surface area contributed by atoms with Gasteiger partial charge in [0.1, 0.15) is 17.5 Å². The Morgan fingerprint density at radius 3 is 1.83 bits per heavy atom. The minimum absolute atomic E-state index is 0.288. The third-order valence-electron chi connectivity index (χ3n) is 5.44. The number of nitrogen functional groups attached to an aromatic ring is 1. The first kappa shape index (κ1) is 19.6. The second-order valence-corrected chi connectivity index (χ2v) is 7.04. The van der Waals surface area contributed by atoms with Gasteiger partial charge in [-0.15, -0.1) is 0 Å². The van der Waals surface area contributed by atoms with Gasteiger partial charge >= 0.3 is 0 Å². The number of carbonyl (C=O) groups excluding carboxylic acids is 1. The number of hydrogen-bond donors (Lipinski definition) is 1. The summed E-state index contributed by atoms with van der Waals surface area (Å²) in [5.41, 5.74) is 8.72. The second-order valence-electron chi connectivity index (χ2n) is 7.04. The predicted molar refractivity (Wildman–Crippen MR) is 117 cm³/mol. The van der Waals surface area contributed by atoms with Crippen LogP contribution in [0.5, 0.6) is 0 Å². The number of hydrogen-bond acceptors (Lipinski definition) is 4. The highest BCUT2D eigenvalue weighted by Crippen LogP contribution is 2.47. The first-order valence-electron chi connectivity index (χ1n) is 9.71. The molecule has 0 aliphatic heterocycles. The standard InChI is InChI=1S/C25H23N3O2/c1-30-23(19-11-5-2-6-12-19)25(21-13-7-3-8-14-21,22-15-9-4-10-16-22)28-24(26)20(18-29)17-27-28/h2-18,23H,26H2,1H3. The van der Waals surface area contributed by atoms with Gasteiger partial charge in [-0.2, -0.15) is 5.10 Å². The van der Waals surface area contributed by atoms with E-state index in [1.807, 2.05) is 91.0 Å². The summed E-state index contributed by atoms with van der Waals surface area (Å²) < 4.78 is 7.87. The Labute approximate surface area is 175 Å². The van der Waals surface area contributed by atoms with Gasteiger partial charge in [-0.1, -0.05) is 91.0 Å². The summed E-state index contributed by atoms with van der Waals surface area (Å²) >= 11 is 0. The molecule has 0 radical (unpaired) electrons. The third kappa shape index (κ3) is 3.09. The fourth-order valence-electron chi connectivity index (χ4n) is 4.13. The van der Waals surface area contributed by atoms with Crippen molar-refractivity contribution in [3.63, 3.8) is 0 Å². The van der Waals surface area contributed by atoms with Crippen molar-refractivity contribution in [2.45, 2.75) is 11.6 Å². The molecule has 5 nitrogen and oxygen atoms in total. The molecule has 0 aliphatic rings. The largest absolute Gasteiger partial charge is 0.383 e. The molecule has 4 aromatic rings. The quantitative estimate of drug-likeness (QED) is 0.468. The Hall–Kier alpha value is -3.70. The van der Waals surface area contributed by atoms with Crippen molar-refractivity contribution < 1.29 is 9.53 Å². The average Bonchev–Trinajstić information content (AvgIpc) is 3.19. The fourth-order valence-corrected chi connectivity index (χ4v) is 4.13. The SMILES string of the molecule is COC(c1ccccc1)C(c1ccccc1)(c1ccccc1)n1ncc(C=O)c1N. The highest BCUT2D eigenvalue weighted by molar-refractivity contribution is 5.81. The minimum Gasteiger partial charge on any atom is -0.383 e. The summed E-state index contributed by atoms with van der Waals surface area (Å²) in [7, 11) is 1.68. The number of anilines is 1. The van der Waals surface area contributed by atoms with E-state index in [1.54, 1.807) is 11.8 Å². The summed E-state index contributed by atoms with van der Waals surface area (Å²) in [6.07, 6.45) is 1.76. The van der Waals surface area contributed by atoms with Gasteiger partial charge in [0.05, 0.1) is 11.8 Å². The number of benzene rings is 3. The Kier molecular flexibility index (Phi) is 5.46. The van der Waals surface area contributed by atoms with Crippen molar-refractivity contribution >= 4 is 12.1 Å². The number of methoxy groups -OCH3 is 1. The molecular formula is C25H23N3O2. The minimum atomic E-state index is -0.941. The molecule has 30 heavy (non-hydrogen) atoms. The van der Waals surface area contributed by atoms with Crippen LogP contribution in [0.1, 0.15) is 33.2 Å². The Balaban J connectivity index is 2.14. The molecule has 1 aromatic heterocycles. The van der Waals surface area contributed by atoms with E-state index in [4.69, 9.17) is 10.5 Å². The lowest BCUT2D eigenvalue weighted by Crippen LogP contribution is -2.44. The van der Waals surface area contributed by atoms with Gasteiger partial charge in [0, 0.05) is 7.11 Å². The van der Waals surface area contributed by atoms with Crippen molar-refractivity contribution in [1.82, 2.24) is 9.78 Å². The normalized spacial score (nSPS) is 12.4. The first-order chi connectivity index (χ1) is 14.7. The van der Waals surface area contributed by atoms with Gasteiger partial charge in [-0.25, -0.2) is 4.68 Å². The molecule has 1 heterocycles. The first-order valence-corrected chi connectivity index (χ1v) is 9.71. The van der Waals surface area contributed by atoms with Crippen molar-refractivity contribution in [3.8, 4) is 0 Å². The zero-order valence-electron chi connectivity index (χ0n) is 16.7. The van der Waals surface area contributed by atoms with E-state index in [2.05, 4.69) is 5.10 Å². The van der Waals surface area contributed by atoms with Crippen LogP contribution in [0.25, 0.3) is 0 Å². The van der Waals surface area contributed by atoms with Crippen LogP contribution in [0.2, 0.25) is 0 Å². The van der Waals surface area contributed by atoms with Gasteiger partial charge in [-0.3, -0.25) is 4.79 Å². The van der Waals surface area contributed by atoms with Crippen LogP contribution in [-0.4, -0.2) is 23.2 Å². The van der Waals surface area contributed by atoms with Crippen LogP contribution in [0, 0.1) is 0 Å². The van der Waals surface area contributed by atoms with Crippen molar-refractivity contribution in [2.75, 3.05) is 12.8 Å². The molecule has 3 aromatic carbocycles. The second kappa shape index (κ2) is 8.35. The number of nitrogens with two attached hydrogens (primary N) is 1. The van der Waals surface area contributed by atoms with Crippen LogP contribution in [0.3, 0.4) is 0 Å². The molecule has 4 rings (SSSR count). The molecule has 0 saturated carbocycles. The molecule has 0 bridgehead atoms. The Bertz CT molecular complexity index is 1070. The molecule has 1 atom stereocenters. The summed E-state index contributed by atoms with van der Waals surface area (Å²) in [5, 5.41) is 4.59. The van der Waals surface area contributed by atoms with Crippen LogP contribution in [0.15, 0.2) is 97.2 Å². The molecule has 2 N–H and O–H groups in total. The topological polar surface area (TPSA) is 70.1 Å². The number of ether oxygens (including phenoxy) is 1. The van der Waals surface area contributed by atoms with Crippen LogP contribution < -0.4 is 5.73 Å². The predicted octanol–water partition coefficient (Wildman–Crippen LogP) is 4.46. The number of carbonyl (C=O) groups is 1. The van der Waals surface area contributed by atoms with E-state index in [0.717, 1.165) is 23.0 Å². The fraction of sp³-hybridized carbons (Fsp3) is 0.120. The zero-order chi connectivity index (χ0) is 21.0. The van der Waals surface area contributed by atoms with Crippen LogP contribution in [0.4, 0.5) is 5.82 Å². The average molecular weight is 397 g/mol. The van der Waals surface area contributed by atoms with Crippen molar-refractivity contribution in [2.24, 2.45) is 0 Å². The summed E-state index contributed by atoms with van der Waals surface area (Å²) in [4.78, 5) is 11.6. The van der Waals surface area contributed by atoms with Crippen molar-refractivity contribution in [3.05, 3.63) is 119 Å². The summed E-state index contributed by atoms with van der Waals surface area (Å²) in [6, 6.07) is 29.9. The van der Waals surface area contributed by atoms with E-state index in [-0.39, 0.29) is 5.82 Å². The van der Waals surface area contributed by atoms with Gasteiger partial charge in [0.25, 0.3) is 0 Å². The van der Waals surface area contributed by atoms with Gasteiger partial charge in [0.2, 0.25) is 0 Å². The lowest BCUT2D eigenvalue weighted by atomic mass is 9.75. The van der Waals surface area contributed by atoms with Gasteiger partial charge < -0.3 is 10.5 Å². The third-order valence-corrected chi connectivity index (χ3v) is 5.44. The molecule has 0 saturated heterocycles. The molecule has 0 aliphatic carbocycles. The molecule has 150 valence electrons. The Morgan fingerprint density at radius 1 is 0.900 bits per heavy atom. The number of nitrogens with zero attached hydrogens (tertiary/aromatic N) is 2. The maximum atomic E-state index is 11.6. The van der Waals surface area contributed by atoms with Crippen LogP contribution in [-0.2, 0) is 10.3 Å². The monoisotopic (exact) mass is 397 g/mol. The van der Waals surface area contributed by atoms with Gasteiger partial charge in [0.15, 0.2) is 6.29 Å². The molecule has 0 fully saturated rings. The van der Waals surface area contributed by atoms with Crippen molar-refractivity contribution in [1.29, 1.82) is 0 Å². The smallest absolute Gasteiger partial charge is 0.155 e. The molecule has 0 amide bonds. The lowest BCUT2D eigenvalue weighted by Gasteiger charge is -2.42. The lowest BCUT2D eigenvalue weighted by molar-refractivity contribution is 0.0289. The highest BCUT2D eigenvalue weighted by Gasteiger charge is 2.47. The maximum absolute atomic E-state index is 11.6. The summed E-state index contributed by atoms with van der Waals surface area (Å²) in [6.45, 7) is 0. The number of aldehydes is 1. The molecule has 0 spiro atoms. The van der Waals surface area contributed by atoms with E-state index < -0.39 is 11.6 Å². The molecular weight excluding hydrogens is 374 g/mol. The maximum Gasteiger partial charge on any atom is 0.155 e. The number of rotatable bonds is 7. The van der Waals surface area contributed by atoms with E-state index in [0.29, 0.717) is 5.56 Å². The molecule has 5 heteroatoms. The van der Waals surface area contributed by atoms with E-state index in [1.165, 1.54) is 6.20 Å². The summed E-state index contributed by atoms with van der Waals surface area (Å²) in [5.74, 6) is 0.288. The highest BCUT2D eigenvalue weighted by atomic mass is 16.5. The Morgan fingerprint density at radius 2 is 1.40 bits per heavy atom. The zero-order valence-corrected chi connectivity index (χ0v) is 16.7. The van der Waals surface area contributed by atoms with E-state index >= 15 is 0 Å².